The molecule has 0 aliphatic rings. The topological polar surface area (TPSA) is 60.9 Å². The second-order valence-electron chi connectivity index (χ2n) is 4.12. The zero-order chi connectivity index (χ0) is 13.1. The Bertz CT molecular complexity index is 577. The van der Waals surface area contributed by atoms with Crippen LogP contribution in [0.1, 0.15) is 22.6 Å². The van der Waals surface area contributed by atoms with E-state index in [1.807, 2.05) is 17.8 Å². The highest BCUT2D eigenvalue weighted by Crippen LogP contribution is 2.21. The number of hydrogen-bond acceptors (Lipinski definition) is 3. The number of halogens is 1. The summed E-state index contributed by atoms with van der Waals surface area (Å²) >= 11 is 3.37. The van der Waals surface area contributed by atoms with Crippen molar-refractivity contribution in [2.75, 3.05) is 5.73 Å². The van der Waals surface area contributed by atoms with Crippen molar-refractivity contribution >= 4 is 27.4 Å². The fourth-order valence-corrected chi connectivity index (χ4v) is 2.22. The number of benzene rings is 1. The summed E-state index contributed by atoms with van der Waals surface area (Å²) in [7, 11) is 1.92. The summed E-state index contributed by atoms with van der Waals surface area (Å²) in [6.45, 7) is 0. The number of nitrogens with zero attached hydrogens (tertiary/aromatic N) is 2. The highest BCUT2D eigenvalue weighted by atomic mass is 79.9. The van der Waals surface area contributed by atoms with Gasteiger partial charge in [0.05, 0.1) is 0 Å². The lowest BCUT2D eigenvalue weighted by Crippen LogP contribution is -2.06. The summed E-state index contributed by atoms with van der Waals surface area (Å²) in [5, 5.41) is 0. The summed E-state index contributed by atoms with van der Waals surface area (Å²) in [5.74, 6) is 0.973. The molecule has 94 valence electrons. The van der Waals surface area contributed by atoms with Crippen LogP contribution < -0.4 is 5.73 Å². The van der Waals surface area contributed by atoms with Crippen molar-refractivity contribution in [3.63, 3.8) is 0 Å². The Morgan fingerprint density at radius 2 is 2.28 bits per heavy atom. The Morgan fingerprint density at radius 1 is 1.50 bits per heavy atom. The monoisotopic (exact) mass is 307 g/mol. The van der Waals surface area contributed by atoms with Gasteiger partial charge in [-0.05, 0) is 18.2 Å². The van der Waals surface area contributed by atoms with E-state index in [4.69, 9.17) is 5.73 Å². The van der Waals surface area contributed by atoms with Gasteiger partial charge in [-0.2, -0.15) is 0 Å². The number of carbonyl (C=O) groups is 1. The van der Waals surface area contributed by atoms with Crippen LogP contribution in [0.2, 0.25) is 0 Å². The molecule has 1 aromatic heterocycles. The van der Waals surface area contributed by atoms with Crippen molar-refractivity contribution < 1.29 is 4.79 Å². The van der Waals surface area contributed by atoms with Gasteiger partial charge in [0.1, 0.15) is 5.82 Å². The second kappa shape index (κ2) is 5.35. The van der Waals surface area contributed by atoms with Gasteiger partial charge in [-0.25, -0.2) is 4.98 Å². The van der Waals surface area contributed by atoms with E-state index in [9.17, 15) is 4.79 Å². The molecule has 4 nitrogen and oxygen atoms in total. The lowest BCUT2D eigenvalue weighted by Gasteiger charge is -2.05. The smallest absolute Gasteiger partial charge is 0.164 e. The van der Waals surface area contributed by atoms with Crippen molar-refractivity contribution in [3.8, 4) is 0 Å². The fourth-order valence-electron chi connectivity index (χ4n) is 1.75. The van der Waals surface area contributed by atoms with Gasteiger partial charge < -0.3 is 10.3 Å². The van der Waals surface area contributed by atoms with Gasteiger partial charge in [0.2, 0.25) is 0 Å². The minimum absolute atomic E-state index is 0.0668. The van der Waals surface area contributed by atoms with Crippen LogP contribution in [0.5, 0.6) is 0 Å². The molecule has 0 saturated carbocycles. The quantitative estimate of drug-likeness (QED) is 0.697. The standard InChI is InChI=1S/C13H14BrN3O/c1-17-7-6-16-13(17)5-4-12(18)10-8-9(15)2-3-11(10)14/h2-3,6-8H,4-5,15H2,1H3. The van der Waals surface area contributed by atoms with Gasteiger partial charge >= 0.3 is 0 Å². The number of aromatic nitrogens is 2. The maximum Gasteiger partial charge on any atom is 0.164 e. The van der Waals surface area contributed by atoms with E-state index in [1.54, 1.807) is 24.4 Å². The molecule has 2 N–H and O–H groups in total. The van der Waals surface area contributed by atoms with E-state index in [0.29, 0.717) is 24.1 Å². The number of nitrogen functional groups attached to an aromatic ring is 1. The second-order valence-corrected chi connectivity index (χ2v) is 4.97. The average Bonchev–Trinajstić information content (AvgIpc) is 2.75. The molecule has 0 saturated heterocycles. The van der Waals surface area contributed by atoms with Gasteiger partial charge in [0.15, 0.2) is 5.78 Å². The largest absolute Gasteiger partial charge is 0.399 e. The number of rotatable bonds is 4. The van der Waals surface area contributed by atoms with E-state index in [-0.39, 0.29) is 5.78 Å². The minimum atomic E-state index is 0.0668. The van der Waals surface area contributed by atoms with Crippen LogP contribution in [0.4, 0.5) is 5.69 Å². The first-order valence-corrected chi connectivity index (χ1v) is 6.41. The van der Waals surface area contributed by atoms with Crippen molar-refractivity contribution in [1.29, 1.82) is 0 Å². The van der Waals surface area contributed by atoms with Crippen LogP contribution in [0.3, 0.4) is 0 Å². The first kappa shape index (κ1) is 12.8. The molecule has 0 aliphatic carbocycles. The minimum Gasteiger partial charge on any atom is -0.399 e. The SMILES string of the molecule is Cn1ccnc1CCC(=O)c1cc(N)ccc1Br. The van der Waals surface area contributed by atoms with Crippen LogP contribution in [-0.2, 0) is 13.5 Å². The lowest BCUT2D eigenvalue weighted by molar-refractivity contribution is 0.0981. The summed E-state index contributed by atoms with van der Waals surface area (Å²) in [6, 6.07) is 5.26. The lowest BCUT2D eigenvalue weighted by atomic mass is 10.1. The molecular formula is C13H14BrN3O. The van der Waals surface area contributed by atoms with Crippen LogP contribution in [0.25, 0.3) is 0 Å². The average molecular weight is 308 g/mol. The van der Waals surface area contributed by atoms with Crippen LogP contribution >= 0.6 is 15.9 Å². The Hall–Kier alpha value is -1.62. The van der Waals surface area contributed by atoms with E-state index in [2.05, 4.69) is 20.9 Å². The third kappa shape index (κ3) is 2.79. The molecule has 0 spiro atoms. The zero-order valence-corrected chi connectivity index (χ0v) is 11.6. The summed E-state index contributed by atoms with van der Waals surface area (Å²) in [5.41, 5.74) is 6.92. The molecule has 0 radical (unpaired) electrons. The predicted octanol–water partition coefficient (Wildman–Crippen LogP) is 2.58. The highest BCUT2D eigenvalue weighted by Gasteiger charge is 2.11. The van der Waals surface area contributed by atoms with Gasteiger partial charge in [0, 0.05) is 48.0 Å². The predicted molar refractivity (Wildman–Crippen MR) is 74.4 cm³/mol. The number of ketones is 1. The molecule has 5 heteroatoms. The first-order chi connectivity index (χ1) is 8.58. The Labute approximate surface area is 114 Å². The number of imidazole rings is 1. The molecule has 0 unspecified atom stereocenters. The summed E-state index contributed by atoms with van der Waals surface area (Å²) in [4.78, 5) is 16.3. The van der Waals surface area contributed by atoms with Gasteiger partial charge in [-0.3, -0.25) is 4.79 Å². The summed E-state index contributed by atoms with van der Waals surface area (Å²) < 4.78 is 2.70. The van der Waals surface area contributed by atoms with Gasteiger partial charge in [0.25, 0.3) is 0 Å². The number of nitrogens with two attached hydrogens (primary N) is 1. The third-order valence-corrected chi connectivity index (χ3v) is 3.48. The van der Waals surface area contributed by atoms with Crippen LogP contribution in [-0.4, -0.2) is 15.3 Å². The van der Waals surface area contributed by atoms with Gasteiger partial charge in [-0.1, -0.05) is 15.9 Å². The number of carbonyl (C=O) groups excluding carboxylic acids is 1. The molecule has 18 heavy (non-hydrogen) atoms. The molecule has 2 aromatic rings. The van der Waals surface area contributed by atoms with E-state index >= 15 is 0 Å². The zero-order valence-electron chi connectivity index (χ0n) is 10.1. The van der Waals surface area contributed by atoms with Crippen molar-refractivity contribution in [1.82, 2.24) is 9.55 Å². The summed E-state index contributed by atoms with van der Waals surface area (Å²) in [6.07, 6.45) is 4.66. The normalized spacial score (nSPS) is 10.6. The Morgan fingerprint density at radius 3 is 2.94 bits per heavy atom. The third-order valence-electron chi connectivity index (χ3n) is 2.79. The number of aryl methyl sites for hydroxylation is 2. The molecule has 0 atom stereocenters. The van der Waals surface area contributed by atoms with E-state index in [0.717, 1.165) is 10.3 Å². The van der Waals surface area contributed by atoms with Crippen LogP contribution in [0.15, 0.2) is 35.1 Å². The molecule has 0 fully saturated rings. The molecular weight excluding hydrogens is 294 g/mol. The number of Topliss-reactive ketones (excluding diaryl/α,β-unsaturated/α-hetero) is 1. The molecule has 1 aromatic carbocycles. The highest BCUT2D eigenvalue weighted by molar-refractivity contribution is 9.10. The van der Waals surface area contributed by atoms with E-state index in [1.165, 1.54) is 0 Å². The number of anilines is 1. The maximum absolute atomic E-state index is 12.1. The Kier molecular flexibility index (Phi) is 3.81. The molecule has 0 aliphatic heterocycles. The van der Waals surface area contributed by atoms with Gasteiger partial charge in [-0.15, -0.1) is 0 Å². The molecule has 0 bridgehead atoms. The van der Waals surface area contributed by atoms with Crippen molar-refractivity contribution in [2.24, 2.45) is 7.05 Å². The molecule has 2 rings (SSSR count). The molecule has 1 heterocycles. The van der Waals surface area contributed by atoms with Crippen molar-refractivity contribution in [3.05, 3.63) is 46.5 Å². The van der Waals surface area contributed by atoms with Crippen molar-refractivity contribution in [2.45, 2.75) is 12.8 Å². The fraction of sp³-hybridized carbons (Fsp3) is 0.231. The molecule has 0 amide bonds. The number of hydrogen-bond donors (Lipinski definition) is 1. The maximum atomic E-state index is 12.1. The van der Waals surface area contributed by atoms with E-state index < -0.39 is 0 Å². The first-order valence-electron chi connectivity index (χ1n) is 5.62. The Balaban J connectivity index is 2.08. The van der Waals surface area contributed by atoms with Crippen LogP contribution in [0, 0.1) is 0 Å².